The first-order valence-corrected chi connectivity index (χ1v) is 7.06. The Balaban J connectivity index is 2.14. The Labute approximate surface area is 131 Å². The summed E-state index contributed by atoms with van der Waals surface area (Å²) >= 11 is 9.52. The quantitative estimate of drug-likeness (QED) is 0.823. The van der Waals surface area contributed by atoms with E-state index in [0.717, 1.165) is 21.5 Å². The molecule has 1 aromatic carbocycles. The van der Waals surface area contributed by atoms with Crippen LogP contribution in [0, 0.1) is 12.3 Å². The summed E-state index contributed by atoms with van der Waals surface area (Å²) in [4.78, 5) is 4.03. The second kappa shape index (κ2) is 7.18. The summed E-state index contributed by atoms with van der Waals surface area (Å²) < 4.78 is 6.49. The maximum absolute atomic E-state index is 6.08. The molecule has 1 aromatic heterocycles. The Morgan fingerprint density at radius 1 is 1.40 bits per heavy atom. The van der Waals surface area contributed by atoms with Crippen LogP contribution < -0.4 is 10.1 Å². The van der Waals surface area contributed by atoms with Crippen molar-refractivity contribution in [2.75, 3.05) is 11.9 Å². The van der Waals surface area contributed by atoms with E-state index >= 15 is 0 Å². The molecule has 0 unspecified atom stereocenters. The minimum Gasteiger partial charge on any atom is -0.481 e. The van der Waals surface area contributed by atoms with Crippen molar-refractivity contribution in [1.29, 1.82) is 0 Å². The van der Waals surface area contributed by atoms with Gasteiger partial charge in [-0.2, -0.15) is 0 Å². The normalized spacial score (nSPS) is 9.85. The maximum atomic E-state index is 6.08. The van der Waals surface area contributed by atoms with E-state index in [-0.39, 0.29) is 6.61 Å². The molecule has 2 aromatic rings. The number of ether oxygens (including phenoxy) is 1. The number of rotatable bonds is 5. The molecular formula is C15H12BrClN2O. The van der Waals surface area contributed by atoms with Gasteiger partial charge >= 0.3 is 0 Å². The first kappa shape index (κ1) is 14.7. The molecule has 0 bridgehead atoms. The van der Waals surface area contributed by atoms with Gasteiger partial charge in [-0.1, -0.05) is 33.5 Å². The maximum Gasteiger partial charge on any atom is 0.148 e. The molecule has 1 N–H and O–H groups in total. The van der Waals surface area contributed by atoms with Crippen LogP contribution in [0.3, 0.4) is 0 Å². The van der Waals surface area contributed by atoms with E-state index in [4.69, 9.17) is 22.8 Å². The third-order valence-corrected chi connectivity index (χ3v) is 3.39. The topological polar surface area (TPSA) is 34.1 Å². The Morgan fingerprint density at radius 2 is 2.25 bits per heavy atom. The molecule has 5 heteroatoms. The van der Waals surface area contributed by atoms with E-state index in [2.05, 4.69) is 32.2 Å². The first-order valence-electron chi connectivity index (χ1n) is 5.89. The van der Waals surface area contributed by atoms with Gasteiger partial charge in [0.2, 0.25) is 0 Å². The number of nitrogens with one attached hydrogen (secondary N) is 1. The average Bonchev–Trinajstić information content (AvgIpc) is 2.45. The molecule has 3 nitrogen and oxygen atoms in total. The number of hydrogen-bond donors (Lipinski definition) is 1. The van der Waals surface area contributed by atoms with Crippen LogP contribution in [0.15, 0.2) is 41.1 Å². The molecular weight excluding hydrogens is 340 g/mol. The number of benzene rings is 1. The highest BCUT2D eigenvalue weighted by Crippen LogP contribution is 2.26. The molecule has 0 aliphatic carbocycles. The van der Waals surface area contributed by atoms with Crippen LogP contribution >= 0.6 is 27.5 Å². The number of nitrogens with zero attached hydrogens (tertiary/aromatic N) is 1. The highest BCUT2D eigenvalue weighted by molar-refractivity contribution is 9.10. The summed E-state index contributed by atoms with van der Waals surface area (Å²) in [6.45, 7) is 0.799. The van der Waals surface area contributed by atoms with Crippen molar-refractivity contribution in [3.05, 3.63) is 51.7 Å². The van der Waals surface area contributed by atoms with Crippen LogP contribution in [0.1, 0.15) is 5.56 Å². The second-order valence-corrected chi connectivity index (χ2v) is 5.28. The fourth-order valence-electron chi connectivity index (χ4n) is 1.64. The fraction of sp³-hybridized carbons (Fsp3) is 0.133. The summed E-state index contributed by atoms with van der Waals surface area (Å²) in [6.07, 6.45) is 8.55. The summed E-state index contributed by atoms with van der Waals surface area (Å²) in [5.41, 5.74) is 1.76. The summed E-state index contributed by atoms with van der Waals surface area (Å²) in [7, 11) is 0. The van der Waals surface area contributed by atoms with Gasteiger partial charge in [0.1, 0.15) is 12.4 Å². The number of hydrogen-bond acceptors (Lipinski definition) is 3. The predicted octanol–water partition coefficient (Wildman–Crippen LogP) is 4.12. The molecule has 20 heavy (non-hydrogen) atoms. The summed E-state index contributed by atoms with van der Waals surface area (Å²) in [6, 6.07) is 7.50. The molecule has 0 aliphatic heterocycles. The Kier molecular flexibility index (Phi) is 5.28. The SMILES string of the molecule is C#CCOc1ccc(Br)cc1CNc1cnccc1Cl. The van der Waals surface area contributed by atoms with Crippen LogP contribution in [-0.4, -0.2) is 11.6 Å². The Bertz CT molecular complexity index is 640. The molecule has 0 amide bonds. The lowest BCUT2D eigenvalue weighted by molar-refractivity contribution is 0.366. The van der Waals surface area contributed by atoms with E-state index in [1.165, 1.54) is 0 Å². The lowest BCUT2D eigenvalue weighted by Crippen LogP contribution is -2.04. The zero-order chi connectivity index (χ0) is 14.4. The molecule has 0 saturated carbocycles. The molecule has 0 aliphatic rings. The molecule has 2 rings (SSSR count). The van der Waals surface area contributed by atoms with Crippen molar-refractivity contribution in [3.8, 4) is 18.1 Å². The highest BCUT2D eigenvalue weighted by Gasteiger charge is 2.06. The molecule has 1 heterocycles. The van der Waals surface area contributed by atoms with Crippen molar-refractivity contribution in [2.24, 2.45) is 0 Å². The zero-order valence-electron chi connectivity index (χ0n) is 10.6. The van der Waals surface area contributed by atoms with Crippen LogP contribution in [0.25, 0.3) is 0 Å². The number of halogens is 2. The van der Waals surface area contributed by atoms with E-state index in [9.17, 15) is 0 Å². The lowest BCUT2D eigenvalue weighted by atomic mass is 10.2. The largest absolute Gasteiger partial charge is 0.481 e. The van der Waals surface area contributed by atoms with Crippen molar-refractivity contribution in [1.82, 2.24) is 4.98 Å². The van der Waals surface area contributed by atoms with Crippen molar-refractivity contribution in [2.45, 2.75) is 6.54 Å². The van der Waals surface area contributed by atoms with Gasteiger partial charge in [0, 0.05) is 22.8 Å². The Morgan fingerprint density at radius 3 is 3.00 bits per heavy atom. The highest BCUT2D eigenvalue weighted by atomic mass is 79.9. The van der Waals surface area contributed by atoms with Gasteiger partial charge < -0.3 is 10.1 Å². The van der Waals surface area contributed by atoms with E-state index < -0.39 is 0 Å². The molecule has 102 valence electrons. The van der Waals surface area contributed by atoms with Gasteiger partial charge in [0.15, 0.2) is 0 Å². The third kappa shape index (κ3) is 3.89. The van der Waals surface area contributed by atoms with Crippen LogP contribution in [-0.2, 0) is 6.54 Å². The van der Waals surface area contributed by atoms with Crippen LogP contribution in [0.5, 0.6) is 5.75 Å². The van der Waals surface area contributed by atoms with Gasteiger partial charge in [-0.25, -0.2) is 0 Å². The summed E-state index contributed by atoms with van der Waals surface area (Å²) in [5.74, 6) is 3.20. The van der Waals surface area contributed by atoms with Gasteiger partial charge in [0.05, 0.1) is 16.9 Å². The van der Waals surface area contributed by atoms with Gasteiger partial charge in [0.25, 0.3) is 0 Å². The van der Waals surface area contributed by atoms with Crippen molar-refractivity contribution in [3.63, 3.8) is 0 Å². The minimum absolute atomic E-state index is 0.238. The lowest BCUT2D eigenvalue weighted by Gasteiger charge is -2.12. The van der Waals surface area contributed by atoms with E-state index in [1.54, 1.807) is 18.5 Å². The Hall–Kier alpha value is -1.70. The predicted molar refractivity (Wildman–Crippen MR) is 85.0 cm³/mol. The zero-order valence-corrected chi connectivity index (χ0v) is 12.9. The van der Waals surface area contributed by atoms with Gasteiger partial charge in [-0.05, 0) is 24.3 Å². The average molecular weight is 352 g/mol. The summed E-state index contributed by atoms with van der Waals surface area (Å²) in [5, 5.41) is 3.85. The second-order valence-electron chi connectivity index (χ2n) is 3.95. The first-order chi connectivity index (χ1) is 9.70. The number of terminal acetylenes is 1. The number of pyridine rings is 1. The third-order valence-electron chi connectivity index (χ3n) is 2.57. The number of aromatic nitrogens is 1. The standard InChI is InChI=1S/C15H12BrClN2O/c1-2-7-20-15-4-3-12(16)8-11(15)9-19-14-10-18-6-5-13(14)17/h1,3-6,8,10,19H,7,9H2. The van der Waals surface area contributed by atoms with Gasteiger partial charge in [-0.3, -0.25) is 4.98 Å². The number of anilines is 1. The minimum atomic E-state index is 0.238. The van der Waals surface area contributed by atoms with Crippen molar-refractivity contribution >= 4 is 33.2 Å². The monoisotopic (exact) mass is 350 g/mol. The fourth-order valence-corrected chi connectivity index (χ4v) is 2.22. The van der Waals surface area contributed by atoms with Crippen molar-refractivity contribution < 1.29 is 4.74 Å². The van der Waals surface area contributed by atoms with Crippen LogP contribution in [0.2, 0.25) is 5.02 Å². The molecule has 0 fully saturated rings. The molecule has 0 spiro atoms. The molecule has 0 saturated heterocycles. The smallest absolute Gasteiger partial charge is 0.148 e. The molecule has 0 radical (unpaired) electrons. The van der Waals surface area contributed by atoms with Crippen LogP contribution in [0.4, 0.5) is 5.69 Å². The van der Waals surface area contributed by atoms with Gasteiger partial charge in [-0.15, -0.1) is 6.42 Å². The van der Waals surface area contributed by atoms with E-state index in [1.807, 2.05) is 18.2 Å². The molecule has 0 atom stereocenters. The van der Waals surface area contributed by atoms with E-state index in [0.29, 0.717) is 11.6 Å².